The van der Waals surface area contributed by atoms with Crippen LogP contribution in [-0.2, 0) is 14.8 Å². The van der Waals surface area contributed by atoms with Gasteiger partial charge in [0.25, 0.3) is 0 Å². The van der Waals surface area contributed by atoms with Gasteiger partial charge in [0.1, 0.15) is 0 Å². The van der Waals surface area contributed by atoms with Crippen LogP contribution in [0.1, 0.15) is 24.8 Å². The topological polar surface area (TPSA) is 87.3 Å². The summed E-state index contributed by atoms with van der Waals surface area (Å²) in [6.45, 7) is 4.01. The van der Waals surface area contributed by atoms with Crippen LogP contribution in [0.5, 0.6) is 0 Å². The van der Waals surface area contributed by atoms with Gasteiger partial charge in [0, 0.05) is 12.2 Å². The van der Waals surface area contributed by atoms with Gasteiger partial charge < -0.3 is 10.6 Å². The number of hydrogen-bond acceptors (Lipinski definition) is 4. The summed E-state index contributed by atoms with van der Waals surface area (Å²) in [6.07, 6.45) is 0.988. The van der Waals surface area contributed by atoms with Gasteiger partial charge >= 0.3 is 0 Å². The van der Waals surface area contributed by atoms with Gasteiger partial charge in [0.15, 0.2) is 0 Å². The van der Waals surface area contributed by atoms with Crippen molar-refractivity contribution in [3.63, 3.8) is 0 Å². The van der Waals surface area contributed by atoms with E-state index in [1.165, 1.54) is 6.07 Å². The number of carbonyl (C=O) groups excluding carboxylic acids is 1. The predicted octanol–water partition coefficient (Wildman–Crippen LogP) is 0.630. The van der Waals surface area contributed by atoms with Crippen LogP contribution in [0.4, 0.5) is 5.69 Å². The number of benzene rings is 1. The third kappa shape index (κ3) is 2.81. The molecule has 1 aromatic rings. The second kappa shape index (κ2) is 5.40. The molecule has 1 aromatic carbocycles. The standard InChI is InChI=1S/C14H19N3O3S/c1-9-12-6-11(2-3-13(12)17-14(9)18)21(19,20)16-8-10-4-5-15-7-10/h2-3,6,9-10,15-16H,4-5,7-8H2,1H3,(H,17,18). The minimum absolute atomic E-state index is 0.0930. The average molecular weight is 309 g/mol. The van der Waals surface area contributed by atoms with Gasteiger partial charge in [0.05, 0.1) is 10.8 Å². The predicted molar refractivity (Wildman–Crippen MR) is 79.7 cm³/mol. The first kappa shape index (κ1) is 14.5. The number of amides is 1. The number of fused-ring (bicyclic) bond motifs is 1. The fourth-order valence-electron chi connectivity index (χ4n) is 2.76. The molecular weight excluding hydrogens is 290 g/mol. The largest absolute Gasteiger partial charge is 0.325 e. The smallest absolute Gasteiger partial charge is 0.240 e. The molecule has 6 nitrogen and oxygen atoms in total. The summed E-state index contributed by atoms with van der Waals surface area (Å²) in [5.41, 5.74) is 1.44. The van der Waals surface area contributed by atoms with Gasteiger partial charge in [-0.3, -0.25) is 4.79 Å². The molecule has 1 fully saturated rings. The van der Waals surface area contributed by atoms with E-state index in [9.17, 15) is 13.2 Å². The lowest BCUT2D eigenvalue weighted by Crippen LogP contribution is -2.30. The maximum atomic E-state index is 12.3. The van der Waals surface area contributed by atoms with E-state index in [2.05, 4.69) is 15.4 Å². The number of rotatable bonds is 4. The fourth-order valence-corrected chi connectivity index (χ4v) is 3.91. The Morgan fingerprint density at radius 1 is 1.38 bits per heavy atom. The van der Waals surface area contributed by atoms with Crippen molar-refractivity contribution in [2.24, 2.45) is 5.92 Å². The lowest BCUT2D eigenvalue weighted by Gasteiger charge is -2.12. The molecule has 2 aliphatic heterocycles. The van der Waals surface area contributed by atoms with Gasteiger partial charge in [-0.15, -0.1) is 0 Å². The Bertz CT molecular complexity index is 666. The Morgan fingerprint density at radius 3 is 2.90 bits per heavy atom. The van der Waals surface area contributed by atoms with E-state index in [0.717, 1.165) is 25.1 Å². The van der Waals surface area contributed by atoms with Crippen LogP contribution >= 0.6 is 0 Å². The maximum absolute atomic E-state index is 12.3. The SMILES string of the molecule is CC1C(=O)Nc2ccc(S(=O)(=O)NCC3CCNC3)cc21. The van der Waals surface area contributed by atoms with E-state index >= 15 is 0 Å². The van der Waals surface area contributed by atoms with E-state index in [1.54, 1.807) is 19.1 Å². The average Bonchev–Trinajstić information content (AvgIpc) is 3.06. The number of sulfonamides is 1. The minimum atomic E-state index is -3.53. The Labute approximate surface area is 124 Å². The van der Waals surface area contributed by atoms with Crippen LogP contribution in [0.25, 0.3) is 0 Å². The highest BCUT2D eigenvalue weighted by Crippen LogP contribution is 2.33. The Morgan fingerprint density at radius 2 is 2.19 bits per heavy atom. The lowest BCUT2D eigenvalue weighted by atomic mass is 10.0. The van der Waals surface area contributed by atoms with Crippen LogP contribution < -0.4 is 15.4 Å². The zero-order chi connectivity index (χ0) is 15.0. The van der Waals surface area contributed by atoms with Crippen molar-refractivity contribution in [2.75, 3.05) is 25.0 Å². The number of nitrogens with one attached hydrogen (secondary N) is 3. The second-order valence-electron chi connectivity index (χ2n) is 5.67. The summed E-state index contributed by atoms with van der Waals surface area (Å²) in [5, 5.41) is 5.95. The van der Waals surface area contributed by atoms with Gasteiger partial charge in [-0.05, 0) is 56.1 Å². The fraction of sp³-hybridized carbons (Fsp3) is 0.500. The van der Waals surface area contributed by atoms with E-state index in [4.69, 9.17) is 0 Å². The number of hydrogen-bond donors (Lipinski definition) is 3. The molecule has 0 saturated carbocycles. The molecular formula is C14H19N3O3S. The molecule has 7 heteroatoms. The highest BCUT2D eigenvalue weighted by Gasteiger charge is 2.28. The monoisotopic (exact) mass is 309 g/mol. The van der Waals surface area contributed by atoms with Crippen molar-refractivity contribution < 1.29 is 13.2 Å². The number of carbonyl (C=O) groups is 1. The number of anilines is 1. The first-order chi connectivity index (χ1) is 9.97. The summed E-state index contributed by atoms with van der Waals surface area (Å²) in [6, 6.07) is 4.78. The Balaban J connectivity index is 1.78. The zero-order valence-corrected chi connectivity index (χ0v) is 12.7. The Kier molecular flexibility index (Phi) is 3.73. The summed E-state index contributed by atoms with van der Waals surface area (Å²) >= 11 is 0. The van der Waals surface area contributed by atoms with Crippen molar-refractivity contribution in [3.8, 4) is 0 Å². The van der Waals surface area contributed by atoms with Crippen molar-refractivity contribution in [2.45, 2.75) is 24.2 Å². The molecule has 0 bridgehead atoms. The summed E-state index contributed by atoms with van der Waals surface area (Å²) in [5.74, 6) is -0.0601. The van der Waals surface area contributed by atoms with E-state index in [0.29, 0.717) is 18.2 Å². The molecule has 1 amide bonds. The summed E-state index contributed by atoms with van der Waals surface area (Å²) in [4.78, 5) is 11.8. The van der Waals surface area contributed by atoms with Gasteiger partial charge in [0.2, 0.25) is 15.9 Å². The van der Waals surface area contributed by atoms with Crippen LogP contribution in [0.3, 0.4) is 0 Å². The molecule has 0 radical (unpaired) electrons. The van der Waals surface area contributed by atoms with Gasteiger partial charge in [-0.2, -0.15) is 0 Å². The van der Waals surface area contributed by atoms with Crippen LogP contribution in [-0.4, -0.2) is 34.0 Å². The first-order valence-corrected chi connectivity index (χ1v) is 8.61. The van der Waals surface area contributed by atoms with Gasteiger partial charge in [-0.1, -0.05) is 0 Å². The molecule has 2 heterocycles. The van der Waals surface area contributed by atoms with Crippen molar-refractivity contribution >= 4 is 21.6 Å². The molecule has 0 aliphatic carbocycles. The summed E-state index contributed by atoms with van der Waals surface area (Å²) < 4.78 is 27.3. The van der Waals surface area contributed by atoms with Crippen molar-refractivity contribution in [3.05, 3.63) is 23.8 Å². The molecule has 21 heavy (non-hydrogen) atoms. The van der Waals surface area contributed by atoms with Crippen LogP contribution in [0.2, 0.25) is 0 Å². The second-order valence-corrected chi connectivity index (χ2v) is 7.44. The molecule has 3 rings (SSSR count). The lowest BCUT2D eigenvalue weighted by molar-refractivity contribution is -0.116. The van der Waals surface area contributed by atoms with E-state index in [-0.39, 0.29) is 16.7 Å². The molecule has 0 aromatic heterocycles. The maximum Gasteiger partial charge on any atom is 0.240 e. The molecule has 2 atom stereocenters. The molecule has 2 aliphatic rings. The van der Waals surface area contributed by atoms with Crippen molar-refractivity contribution in [1.82, 2.24) is 10.0 Å². The van der Waals surface area contributed by atoms with E-state index in [1.807, 2.05) is 0 Å². The summed E-state index contributed by atoms with van der Waals surface area (Å²) in [7, 11) is -3.53. The zero-order valence-electron chi connectivity index (χ0n) is 11.8. The van der Waals surface area contributed by atoms with Crippen molar-refractivity contribution in [1.29, 1.82) is 0 Å². The third-order valence-corrected chi connectivity index (χ3v) is 5.60. The van der Waals surface area contributed by atoms with Crippen LogP contribution in [0.15, 0.2) is 23.1 Å². The van der Waals surface area contributed by atoms with E-state index < -0.39 is 10.0 Å². The van der Waals surface area contributed by atoms with Gasteiger partial charge in [-0.25, -0.2) is 13.1 Å². The molecule has 3 N–H and O–H groups in total. The molecule has 0 spiro atoms. The molecule has 114 valence electrons. The first-order valence-electron chi connectivity index (χ1n) is 7.12. The third-order valence-electron chi connectivity index (χ3n) is 4.18. The molecule has 1 saturated heterocycles. The Hall–Kier alpha value is -1.44. The normalized spacial score (nSPS) is 24.9. The highest BCUT2D eigenvalue weighted by molar-refractivity contribution is 7.89. The quantitative estimate of drug-likeness (QED) is 0.761. The minimum Gasteiger partial charge on any atom is -0.325 e. The molecule has 2 unspecified atom stereocenters. The van der Waals surface area contributed by atoms with Crippen LogP contribution in [0, 0.1) is 5.92 Å². The highest BCUT2D eigenvalue weighted by atomic mass is 32.2.